The van der Waals surface area contributed by atoms with E-state index in [0.29, 0.717) is 6.54 Å². The minimum atomic E-state index is -0.376. The Bertz CT molecular complexity index is 646. The van der Waals surface area contributed by atoms with E-state index in [1.807, 2.05) is 12.1 Å². The molecule has 2 aromatic rings. The lowest BCUT2D eigenvalue weighted by atomic mass is 9.86. The van der Waals surface area contributed by atoms with Crippen molar-refractivity contribution in [2.75, 3.05) is 0 Å². The van der Waals surface area contributed by atoms with Crippen molar-refractivity contribution in [3.05, 3.63) is 71.0 Å². The van der Waals surface area contributed by atoms with Crippen molar-refractivity contribution in [2.45, 2.75) is 38.8 Å². The zero-order valence-electron chi connectivity index (χ0n) is 13.2. The summed E-state index contributed by atoms with van der Waals surface area (Å²) < 4.78 is 12.9. The van der Waals surface area contributed by atoms with E-state index in [-0.39, 0.29) is 17.3 Å². The predicted molar refractivity (Wildman–Crippen MR) is 86.7 cm³/mol. The van der Waals surface area contributed by atoms with E-state index in [4.69, 9.17) is 0 Å². The molecule has 0 saturated carbocycles. The van der Waals surface area contributed by atoms with E-state index in [0.717, 1.165) is 11.1 Å². The van der Waals surface area contributed by atoms with Crippen LogP contribution >= 0.6 is 0 Å². The van der Waals surface area contributed by atoms with Gasteiger partial charge in [0.15, 0.2) is 0 Å². The molecule has 0 aliphatic heterocycles. The summed E-state index contributed by atoms with van der Waals surface area (Å²) in [6, 6.07) is 16.3. The number of hydrogen-bond donors (Lipinski definition) is 1. The lowest BCUT2D eigenvalue weighted by Crippen LogP contribution is -2.20. The van der Waals surface area contributed by atoms with Crippen molar-refractivity contribution in [1.82, 2.24) is 5.32 Å². The number of nitriles is 1. The molecular weight excluding hydrogens is 275 g/mol. The highest BCUT2D eigenvalue weighted by molar-refractivity contribution is 5.31. The zero-order valence-corrected chi connectivity index (χ0v) is 13.2. The molecule has 2 rings (SSSR count). The Hall–Kier alpha value is -2.18. The van der Waals surface area contributed by atoms with Crippen LogP contribution in [0.5, 0.6) is 0 Å². The largest absolute Gasteiger partial charge is 0.294 e. The molecular formula is C19H21FN2. The summed E-state index contributed by atoms with van der Waals surface area (Å²) in [4.78, 5) is 0. The third-order valence-corrected chi connectivity index (χ3v) is 3.66. The van der Waals surface area contributed by atoms with Gasteiger partial charge in [-0.15, -0.1) is 0 Å². The highest BCUT2D eigenvalue weighted by Gasteiger charge is 2.15. The minimum Gasteiger partial charge on any atom is -0.294 e. The summed E-state index contributed by atoms with van der Waals surface area (Å²) in [6.45, 7) is 7.02. The summed E-state index contributed by atoms with van der Waals surface area (Å²) in [5, 5.41) is 12.6. The lowest BCUT2D eigenvalue weighted by Gasteiger charge is -2.20. The predicted octanol–water partition coefficient (Wildman–Crippen LogP) is 4.48. The van der Waals surface area contributed by atoms with Gasteiger partial charge >= 0.3 is 0 Å². The number of benzene rings is 2. The second-order valence-electron chi connectivity index (χ2n) is 6.44. The maximum absolute atomic E-state index is 12.9. The standard InChI is InChI=1S/C19H21FN2/c1-19(2,3)16-8-6-15(7-9-16)18(12-21)22-13-14-4-10-17(20)11-5-14/h4-11,18,22H,13H2,1-3H3. The first kappa shape index (κ1) is 16.2. The van der Waals surface area contributed by atoms with Crippen LogP contribution in [0.3, 0.4) is 0 Å². The minimum absolute atomic E-state index is 0.0994. The average molecular weight is 296 g/mol. The van der Waals surface area contributed by atoms with E-state index in [1.165, 1.54) is 17.7 Å². The molecule has 0 spiro atoms. The molecule has 0 bridgehead atoms. The fraction of sp³-hybridized carbons (Fsp3) is 0.316. The normalized spacial score (nSPS) is 12.7. The van der Waals surface area contributed by atoms with Crippen molar-refractivity contribution in [2.24, 2.45) is 0 Å². The number of nitrogens with one attached hydrogen (secondary N) is 1. The van der Waals surface area contributed by atoms with Crippen molar-refractivity contribution >= 4 is 0 Å². The first-order valence-corrected chi connectivity index (χ1v) is 7.38. The second-order valence-corrected chi connectivity index (χ2v) is 6.44. The topological polar surface area (TPSA) is 35.8 Å². The molecule has 1 unspecified atom stereocenters. The Balaban J connectivity index is 2.05. The molecule has 0 saturated heterocycles. The summed E-state index contributed by atoms with van der Waals surface area (Å²) in [5.74, 6) is -0.252. The number of rotatable bonds is 4. The zero-order chi connectivity index (χ0) is 16.2. The molecule has 0 heterocycles. The Morgan fingerprint density at radius 2 is 1.64 bits per heavy atom. The molecule has 0 aliphatic rings. The highest BCUT2D eigenvalue weighted by Crippen LogP contribution is 2.24. The van der Waals surface area contributed by atoms with Crippen LogP contribution in [0.2, 0.25) is 0 Å². The molecule has 1 N–H and O–H groups in total. The fourth-order valence-corrected chi connectivity index (χ4v) is 2.24. The van der Waals surface area contributed by atoms with Gasteiger partial charge < -0.3 is 0 Å². The van der Waals surface area contributed by atoms with Crippen LogP contribution in [0.15, 0.2) is 48.5 Å². The van der Waals surface area contributed by atoms with Crippen LogP contribution in [0.1, 0.15) is 43.5 Å². The Morgan fingerprint density at radius 1 is 1.05 bits per heavy atom. The molecule has 0 aliphatic carbocycles. The summed E-state index contributed by atoms with van der Waals surface area (Å²) in [6.07, 6.45) is 0. The maximum atomic E-state index is 12.9. The van der Waals surface area contributed by atoms with E-state index in [9.17, 15) is 9.65 Å². The van der Waals surface area contributed by atoms with Gasteiger partial charge in [-0.25, -0.2) is 4.39 Å². The first-order valence-electron chi connectivity index (χ1n) is 7.38. The van der Waals surface area contributed by atoms with Gasteiger partial charge in [0.1, 0.15) is 11.9 Å². The smallest absolute Gasteiger partial charge is 0.123 e. The van der Waals surface area contributed by atoms with Gasteiger partial charge in [0, 0.05) is 6.54 Å². The molecule has 0 amide bonds. The first-order chi connectivity index (χ1) is 10.4. The Labute approximate surface area is 131 Å². The molecule has 2 aromatic carbocycles. The van der Waals surface area contributed by atoms with Crippen LogP contribution in [-0.4, -0.2) is 0 Å². The fourth-order valence-electron chi connectivity index (χ4n) is 2.24. The van der Waals surface area contributed by atoms with Crippen molar-refractivity contribution in [3.63, 3.8) is 0 Å². The molecule has 22 heavy (non-hydrogen) atoms. The van der Waals surface area contributed by atoms with Crippen molar-refractivity contribution in [3.8, 4) is 6.07 Å². The summed E-state index contributed by atoms with van der Waals surface area (Å²) in [7, 11) is 0. The number of halogens is 1. The van der Waals surface area contributed by atoms with Gasteiger partial charge in [0.05, 0.1) is 6.07 Å². The van der Waals surface area contributed by atoms with Crippen molar-refractivity contribution < 1.29 is 4.39 Å². The molecule has 0 fully saturated rings. The maximum Gasteiger partial charge on any atom is 0.123 e. The van der Waals surface area contributed by atoms with E-state index < -0.39 is 0 Å². The molecule has 0 aromatic heterocycles. The summed E-state index contributed by atoms with van der Waals surface area (Å²) >= 11 is 0. The van der Waals surface area contributed by atoms with Crippen LogP contribution in [-0.2, 0) is 12.0 Å². The SMILES string of the molecule is CC(C)(C)c1ccc(C(C#N)NCc2ccc(F)cc2)cc1. The number of hydrogen-bond acceptors (Lipinski definition) is 2. The van der Waals surface area contributed by atoms with Gasteiger partial charge in [0.25, 0.3) is 0 Å². The van der Waals surface area contributed by atoms with Gasteiger partial charge in [-0.2, -0.15) is 5.26 Å². The van der Waals surface area contributed by atoms with Gasteiger partial charge in [0.2, 0.25) is 0 Å². The van der Waals surface area contributed by atoms with Gasteiger partial charge in [-0.3, -0.25) is 5.32 Å². The molecule has 1 atom stereocenters. The number of nitrogens with zero attached hydrogens (tertiary/aromatic N) is 1. The summed E-state index contributed by atoms with van der Waals surface area (Å²) in [5.41, 5.74) is 3.24. The van der Waals surface area contributed by atoms with Crippen LogP contribution < -0.4 is 5.32 Å². The van der Waals surface area contributed by atoms with Crippen LogP contribution in [0.25, 0.3) is 0 Å². The Kier molecular flexibility index (Phi) is 4.95. The third kappa shape index (κ3) is 4.16. The quantitative estimate of drug-likeness (QED) is 0.903. The third-order valence-electron chi connectivity index (χ3n) is 3.66. The molecule has 0 radical (unpaired) electrons. The molecule has 3 heteroatoms. The highest BCUT2D eigenvalue weighted by atomic mass is 19.1. The van der Waals surface area contributed by atoms with Gasteiger partial charge in [-0.1, -0.05) is 57.2 Å². The van der Waals surface area contributed by atoms with Crippen molar-refractivity contribution in [1.29, 1.82) is 5.26 Å². The second kappa shape index (κ2) is 6.72. The Morgan fingerprint density at radius 3 is 2.14 bits per heavy atom. The lowest BCUT2D eigenvalue weighted by molar-refractivity contribution is 0.587. The van der Waals surface area contributed by atoms with E-state index in [1.54, 1.807) is 12.1 Å². The molecule has 2 nitrogen and oxygen atoms in total. The van der Waals surface area contributed by atoms with E-state index >= 15 is 0 Å². The average Bonchev–Trinajstić information content (AvgIpc) is 2.49. The van der Waals surface area contributed by atoms with Gasteiger partial charge in [-0.05, 0) is 34.2 Å². The van der Waals surface area contributed by atoms with Crippen LogP contribution in [0, 0.1) is 17.1 Å². The molecule has 114 valence electrons. The van der Waals surface area contributed by atoms with Crippen LogP contribution in [0.4, 0.5) is 4.39 Å². The van der Waals surface area contributed by atoms with E-state index in [2.05, 4.69) is 44.3 Å². The monoisotopic (exact) mass is 296 g/mol.